The van der Waals surface area contributed by atoms with Crippen LogP contribution in [0.4, 0.5) is 5.13 Å². The van der Waals surface area contributed by atoms with Gasteiger partial charge in [-0.05, 0) is 43.4 Å². The Labute approximate surface area is 137 Å². The maximum atomic E-state index is 4.38. The highest BCUT2D eigenvalue weighted by atomic mass is 32.1. The van der Waals surface area contributed by atoms with Gasteiger partial charge in [0.2, 0.25) is 0 Å². The largest absolute Gasteiger partial charge is 0.357 e. The minimum Gasteiger partial charge on any atom is -0.357 e. The molecule has 1 fully saturated rings. The Morgan fingerprint density at radius 1 is 1.32 bits per heavy atom. The highest BCUT2D eigenvalue weighted by Crippen LogP contribution is 2.21. The van der Waals surface area contributed by atoms with E-state index in [1.807, 2.05) is 6.20 Å². The molecule has 2 aromatic rings. The Hall–Kier alpha value is -1.39. The summed E-state index contributed by atoms with van der Waals surface area (Å²) >= 11 is 1.72. The van der Waals surface area contributed by atoms with Gasteiger partial charge in [-0.3, -0.25) is 4.90 Å². The van der Waals surface area contributed by atoms with Crippen LogP contribution in [0.15, 0.2) is 30.5 Å². The van der Waals surface area contributed by atoms with Crippen molar-refractivity contribution in [2.75, 3.05) is 18.4 Å². The van der Waals surface area contributed by atoms with E-state index in [1.165, 1.54) is 41.9 Å². The molecule has 22 heavy (non-hydrogen) atoms. The summed E-state index contributed by atoms with van der Waals surface area (Å²) < 4.78 is 0. The summed E-state index contributed by atoms with van der Waals surface area (Å²) in [6.45, 7) is 8.84. The fourth-order valence-electron chi connectivity index (χ4n) is 3.16. The van der Waals surface area contributed by atoms with Crippen molar-refractivity contribution in [3.8, 4) is 0 Å². The van der Waals surface area contributed by atoms with Crippen molar-refractivity contribution in [1.29, 1.82) is 0 Å². The molecule has 1 unspecified atom stereocenters. The van der Waals surface area contributed by atoms with E-state index in [-0.39, 0.29) is 0 Å². The van der Waals surface area contributed by atoms with E-state index in [0.29, 0.717) is 0 Å². The molecular formula is C18H25N3S. The van der Waals surface area contributed by atoms with E-state index >= 15 is 0 Å². The monoisotopic (exact) mass is 315 g/mol. The summed E-state index contributed by atoms with van der Waals surface area (Å²) in [5.41, 5.74) is 2.82. The van der Waals surface area contributed by atoms with Crippen LogP contribution in [-0.4, -0.2) is 23.0 Å². The quantitative estimate of drug-likeness (QED) is 0.892. The van der Waals surface area contributed by atoms with Gasteiger partial charge >= 0.3 is 0 Å². The second kappa shape index (κ2) is 7.25. The van der Waals surface area contributed by atoms with Gasteiger partial charge in [-0.2, -0.15) is 0 Å². The molecule has 0 aliphatic carbocycles. The molecule has 1 atom stereocenters. The number of likely N-dealkylation sites (tertiary alicyclic amines) is 1. The third-order valence-electron chi connectivity index (χ3n) is 4.30. The fourth-order valence-corrected chi connectivity index (χ4v) is 3.82. The number of rotatable bonds is 5. The van der Waals surface area contributed by atoms with Gasteiger partial charge in [-0.15, -0.1) is 11.3 Å². The van der Waals surface area contributed by atoms with Crippen LogP contribution in [-0.2, 0) is 13.1 Å². The highest BCUT2D eigenvalue weighted by Gasteiger charge is 2.17. The van der Waals surface area contributed by atoms with Gasteiger partial charge in [0.15, 0.2) is 5.13 Å². The average molecular weight is 315 g/mol. The zero-order valence-electron chi connectivity index (χ0n) is 13.5. The van der Waals surface area contributed by atoms with Crippen molar-refractivity contribution in [2.45, 2.75) is 39.8 Å². The lowest BCUT2D eigenvalue weighted by Crippen LogP contribution is -2.34. The number of hydrogen-bond donors (Lipinski definition) is 1. The molecule has 0 radical (unpaired) electrons. The number of nitrogens with one attached hydrogen (secondary N) is 1. The SMILES string of the molecule is Cc1cnc(NCc2ccccc2CN2CCCC(C)C2)s1. The molecule has 1 aromatic heterocycles. The van der Waals surface area contributed by atoms with E-state index in [1.54, 1.807) is 11.3 Å². The number of benzene rings is 1. The maximum Gasteiger partial charge on any atom is 0.183 e. The number of aromatic nitrogens is 1. The standard InChI is InChI=1S/C18H25N3S/c1-14-6-5-9-21(12-14)13-17-8-4-3-7-16(17)11-20-18-19-10-15(2)22-18/h3-4,7-8,10,14H,5-6,9,11-13H2,1-2H3,(H,19,20). The molecule has 1 N–H and O–H groups in total. The first-order valence-electron chi connectivity index (χ1n) is 8.16. The van der Waals surface area contributed by atoms with Crippen LogP contribution >= 0.6 is 11.3 Å². The minimum absolute atomic E-state index is 0.831. The molecule has 1 aliphatic heterocycles. The maximum absolute atomic E-state index is 4.38. The molecule has 118 valence electrons. The molecule has 0 spiro atoms. The molecular weight excluding hydrogens is 290 g/mol. The van der Waals surface area contributed by atoms with Gasteiger partial charge in [-0.25, -0.2) is 4.98 Å². The number of hydrogen-bond acceptors (Lipinski definition) is 4. The average Bonchev–Trinajstić information content (AvgIpc) is 2.92. The number of thiazole rings is 1. The summed E-state index contributed by atoms with van der Waals surface area (Å²) in [7, 11) is 0. The van der Waals surface area contributed by atoms with Gasteiger partial charge in [-0.1, -0.05) is 31.2 Å². The zero-order chi connectivity index (χ0) is 15.4. The van der Waals surface area contributed by atoms with E-state index in [0.717, 1.165) is 24.1 Å². The van der Waals surface area contributed by atoms with Gasteiger partial charge < -0.3 is 5.32 Å². The van der Waals surface area contributed by atoms with Crippen LogP contribution in [0, 0.1) is 12.8 Å². The van der Waals surface area contributed by atoms with Gasteiger partial charge in [0.1, 0.15) is 0 Å². The topological polar surface area (TPSA) is 28.2 Å². The second-order valence-electron chi connectivity index (χ2n) is 6.38. The predicted octanol–water partition coefficient (Wildman–Crippen LogP) is 4.30. The summed E-state index contributed by atoms with van der Waals surface area (Å²) in [6.07, 6.45) is 4.64. The first kappa shape index (κ1) is 15.5. The molecule has 4 heteroatoms. The number of aryl methyl sites for hydroxylation is 1. The number of anilines is 1. The molecule has 1 aromatic carbocycles. The summed E-state index contributed by atoms with van der Waals surface area (Å²) in [5, 5.41) is 4.47. The zero-order valence-corrected chi connectivity index (χ0v) is 14.3. The Balaban J connectivity index is 1.64. The van der Waals surface area contributed by atoms with Crippen molar-refractivity contribution in [1.82, 2.24) is 9.88 Å². The van der Waals surface area contributed by atoms with Crippen molar-refractivity contribution < 1.29 is 0 Å². The molecule has 0 bridgehead atoms. The van der Waals surface area contributed by atoms with E-state index in [2.05, 4.69) is 53.3 Å². The van der Waals surface area contributed by atoms with Gasteiger partial charge in [0, 0.05) is 30.7 Å². The Morgan fingerprint density at radius 3 is 2.86 bits per heavy atom. The van der Waals surface area contributed by atoms with Gasteiger partial charge in [0.05, 0.1) is 0 Å². The van der Waals surface area contributed by atoms with Crippen LogP contribution in [0.1, 0.15) is 35.8 Å². The van der Waals surface area contributed by atoms with E-state index in [4.69, 9.17) is 0 Å². The predicted molar refractivity (Wildman–Crippen MR) is 94.3 cm³/mol. The summed E-state index contributed by atoms with van der Waals surface area (Å²) in [4.78, 5) is 8.23. The van der Waals surface area contributed by atoms with E-state index in [9.17, 15) is 0 Å². The molecule has 1 saturated heterocycles. The van der Waals surface area contributed by atoms with Crippen LogP contribution in [0.2, 0.25) is 0 Å². The lowest BCUT2D eigenvalue weighted by Gasteiger charge is -2.31. The van der Waals surface area contributed by atoms with Crippen molar-refractivity contribution in [3.63, 3.8) is 0 Å². The minimum atomic E-state index is 0.831. The lowest BCUT2D eigenvalue weighted by molar-refractivity contribution is 0.176. The number of nitrogens with zero attached hydrogens (tertiary/aromatic N) is 2. The molecule has 3 rings (SSSR count). The Bertz CT molecular complexity index is 608. The lowest BCUT2D eigenvalue weighted by atomic mass is 9.99. The van der Waals surface area contributed by atoms with Crippen molar-refractivity contribution in [2.24, 2.45) is 5.92 Å². The van der Waals surface area contributed by atoms with Gasteiger partial charge in [0.25, 0.3) is 0 Å². The third-order valence-corrected chi connectivity index (χ3v) is 5.18. The van der Waals surface area contributed by atoms with Crippen LogP contribution in [0.3, 0.4) is 0 Å². The summed E-state index contributed by atoms with van der Waals surface area (Å²) in [5.74, 6) is 0.831. The third kappa shape index (κ3) is 4.08. The smallest absolute Gasteiger partial charge is 0.183 e. The molecule has 2 heterocycles. The van der Waals surface area contributed by atoms with Crippen LogP contribution < -0.4 is 5.32 Å². The van der Waals surface area contributed by atoms with Crippen molar-refractivity contribution >= 4 is 16.5 Å². The van der Waals surface area contributed by atoms with Crippen molar-refractivity contribution in [3.05, 3.63) is 46.5 Å². The van der Waals surface area contributed by atoms with E-state index < -0.39 is 0 Å². The Morgan fingerprint density at radius 2 is 2.14 bits per heavy atom. The summed E-state index contributed by atoms with van der Waals surface area (Å²) in [6, 6.07) is 8.78. The molecule has 0 amide bonds. The molecule has 1 aliphatic rings. The number of piperidine rings is 1. The normalized spacial score (nSPS) is 19.3. The molecule has 3 nitrogen and oxygen atoms in total. The first-order chi connectivity index (χ1) is 10.7. The van der Waals surface area contributed by atoms with Crippen LogP contribution in [0.5, 0.6) is 0 Å². The van der Waals surface area contributed by atoms with Crippen LogP contribution in [0.25, 0.3) is 0 Å². The molecule has 0 saturated carbocycles. The first-order valence-corrected chi connectivity index (χ1v) is 8.98. The Kier molecular flexibility index (Phi) is 5.11. The fraction of sp³-hybridized carbons (Fsp3) is 0.500. The second-order valence-corrected chi connectivity index (χ2v) is 7.62. The highest BCUT2D eigenvalue weighted by molar-refractivity contribution is 7.15.